The van der Waals surface area contributed by atoms with E-state index in [1.165, 1.54) is 5.56 Å². The van der Waals surface area contributed by atoms with Crippen LogP contribution in [0.5, 0.6) is 0 Å². The number of carbonyl (C=O) groups is 1. The Morgan fingerprint density at radius 2 is 1.84 bits per heavy atom. The van der Waals surface area contributed by atoms with Crippen LogP contribution in [-0.4, -0.2) is 51.9 Å². The molecule has 0 heterocycles. The van der Waals surface area contributed by atoms with Gasteiger partial charge in [-0.05, 0) is 38.5 Å². The molecule has 1 rings (SSSR count). The molecule has 0 saturated heterocycles. The Balaban J connectivity index is 2.34. The topological polar surface area (TPSA) is 78.0 Å². The summed E-state index contributed by atoms with van der Waals surface area (Å²) >= 11 is 0. The third-order valence-corrected chi connectivity index (χ3v) is 3.20. The van der Waals surface area contributed by atoms with E-state index in [2.05, 4.69) is 44.0 Å². The molecule has 0 bridgehead atoms. The van der Waals surface area contributed by atoms with E-state index in [-0.39, 0.29) is 0 Å². The zero-order chi connectivity index (χ0) is 18.9. The monoisotopic (exact) mass is 349 g/mol. The molecule has 0 aliphatic carbocycles. The number of hydrogen-bond acceptors (Lipinski definition) is 4. The molecular formula is C18H31N5O2. The van der Waals surface area contributed by atoms with Crippen LogP contribution in [0.4, 0.5) is 10.5 Å². The summed E-state index contributed by atoms with van der Waals surface area (Å²) in [5.41, 5.74) is 1.83. The molecule has 0 unspecified atom stereocenters. The second-order valence-corrected chi connectivity index (χ2v) is 6.85. The third-order valence-electron chi connectivity index (χ3n) is 3.20. The molecule has 0 spiro atoms. The Morgan fingerprint density at radius 1 is 1.16 bits per heavy atom. The van der Waals surface area contributed by atoms with Crippen molar-refractivity contribution < 1.29 is 9.53 Å². The number of alkyl carbamates (subject to hydrolysis) is 1. The SMILES string of the molecule is CN=C(NCCNC(=O)OC(C)(C)C)NCc1cccc(N(C)C)c1. The van der Waals surface area contributed by atoms with Gasteiger partial charge in [0.15, 0.2) is 5.96 Å². The summed E-state index contributed by atoms with van der Waals surface area (Å²) in [5.74, 6) is 0.682. The molecule has 0 aliphatic heterocycles. The molecule has 0 saturated carbocycles. The van der Waals surface area contributed by atoms with Crippen molar-refractivity contribution in [2.45, 2.75) is 32.9 Å². The maximum atomic E-state index is 11.6. The average Bonchev–Trinajstić information content (AvgIpc) is 2.52. The van der Waals surface area contributed by atoms with Crippen molar-refractivity contribution in [3.63, 3.8) is 0 Å². The number of aliphatic imine (C=N–C) groups is 1. The van der Waals surface area contributed by atoms with Crippen LogP contribution >= 0.6 is 0 Å². The Hall–Kier alpha value is -2.44. The highest BCUT2D eigenvalue weighted by Crippen LogP contribution is 2.13. The number of nitrogens with zero attached hydrogens (tertiary/aromatic N) is 2. The number of ether oxygens (including phenoxy) is 1. The van der Waals surface area contributed by atoms with Gasteiger partial charge < -0.3 is 25.6 Å². The van der Waals surface area contributed by atoms with E-state index >= 15 is 0 Å². The second-order valence-electron chi connectivity index (χ2n) is 6.85. The molecule has 1 aromatic carbocycles. The smallest absolute Gasteiger partial charge is 0.407 e. The number of rotatable bonds is 6. The normalized spacial score (nSPS) is 11.7. The Morgan fingerprint density at radius 3 is 2.44 bits per heavy atom. The molecule has 0 radical (unpaired) electrons. The van der Waals surface area contributed by atoms with E-state index in [9.17, 15) is 4.79 Å². The van der Waals surface area contributed by atoms with Gasteiger partial charge >= 0.3 is 6.09 Å². The van der Waals surface area contributed by atoms with Gasteiger partial charge in [-0.1, -0.05) is 12.1 Å². The van der Waals surface area contributed by atoms with Crippen molar-refractivity contribution >= 4 is 17.7 Å². The first-order valence-electron chi connectivity index (χ1n) is 8.39. The van der Waals surface area contributed by atoms with E-state index in [1.54, 1.807) is 7.05 Å². The van der Waals surface area contributed by atoms with Crippen molar-refractivity contribution in [1.29, 1.82) is 0 Å². The Labute approximate surface area is 150 Å². The molecule has 140 valence electrons. The lowest BCUT2D eigenvalue weighted by Gasteiger charge is -2.20. The molecule has 0 aliphatic rings. The number of nitrogens with one attached hydrogen (secondary N) is 3. The Kier molecular flexibility index (Phi) is 8.04. The first kappa shape index (κ1) is 20.6. The van der Waals surface area contributed by atoms with E-state index in [0.29, 0.717) is 25.6 Å². The lowest BCUT2D eigenvalue weighted by molar-refractivity contribution is 0.0529. The van der Waals surface area contributed by atoms with Crippen LogP contribution in [-0.2, 0) is 11.3 Å². The molecule has 0 aromatic heterocycles. The molecular weight excluding hydrogens is 318 g/mol. The highest BCUT2D eigenvalue weighted by atomic mass is 16.6. The van der Waals surface area contributed by atoms with Gasteiger partial charge in [-0.2, -0.15) is 0 Å². The van der Waals surface area contributed by atoms with Crippen molar-refractivity contribution in [1.82, 2.24) is 16.0 Å². The fraction of sp³-hybridized carbons (Fsp3) is 0.556. The van der Waals surface area contributed by atoms with Gasteiger partial charge in [-0.15, -0.1) is 0 Å². The van der Waals surface area contributed by atoms with E-state index in [0.717, 1.165) is 5.69 Å². The summed E-state index contributed by atoms with van der Waals surface area (Å²) in [4.78, 5) is 17.8. The second kappa shape index (κ2) is 9.76. The van der Waals surface area contributed by atoms with Gasteiger partial charge in [0.05, 0.1) is 0 Å². The summed E-state index contributed by atoms with van der Waals surface area (Å²) in [7, 11) is 5.75. The number of anilines is 1. The van der Waals surface area contributed by atoms with Crippen molar-refractivity contribution in [3.05, 3.63) is 29.8 Å². The molecule has 0 atom stereocenters. The van der Waals surface area contributed by atoms with E-state index in [1.807, 2.05) is 40.9 Å². The van der Waals surface area contributed by atoms with Crippen LogP contribution in [0, 0.1) is 0 Å². The fourth-order valence-electron chi connectivity index (χ4n) is 2.01. The minimum Gasteiger partial charge on any atom is -0.444 e. The van der Waals surface area contributed by atoms with E-state index in [4.69, 9.17) is 4.74 Å². The summed E-state index contributed by atoms with van der Waals surface area (Å²) in [5, 5.41) is 9.11. The summed E-state index contributed by atoms with van der Waals surface area (Å²) in [6.45, 7) is 7.18. The highest BCUT2D eigenvalue weighted by Gasteiger charge is 2.15. The van der Waals surface area contributed by atoms with Crippen LogP contribution in [0.2, 0.25) is 0 Å². The quantitative estimate of drug-likeness (QED) is 0.416. The lowest BCUT2D eigenvalue weighted by Crippen LogP contribution is -2.42. The summed E-state index contributed by atoms with van der Waals surface area (Å²) in [6.07, 6.45) is -0.419. The molecule has 1 amide bonds. The van der Waals surface area contributed by atoms with Gasteiger partial charge in [0.1, 0.15) is 5.60 Å². The van der Waals surface area contributed by atoms with Crippen LogP contribution in [0.3, 0.4) is 0 Å². The Bertz CT molecular complexity index is 579. The zero-order valence-corrected chi connectivity index (χ0v) is 16.1. The van der Waals surface area contributed by atoms with Gasteiger partial charge in [0.25, 0.3) is 0 Å². The van der Waals surface area contributed by atoms with Crippen molar-refractivity contribution in [2.75, 3.05) is 39.1 Å². The van der Waals surface area contributed by atoms with Crippen LogP contribution in [0.15, 0.2) is 29.3 Å². The van der Waals surface area contributed by atoms with Gasteiger partial charge in [-0.25, -0.2) is 4.79 Å². The van der Waals surface area contributed by atoms with Crippen molar-refractivity contribution in [2.24, 2.45) is 4.99 Å². The zero-order valence-electron chi connectivity index (χ0n) is 16.1. The highest BCUT2D eigenvalue weighted by molar-refractivity contribution is 5.79. The molecule has 25 heavy (non-hydrogen) atoms. The minimum absolute atomic E-state index is 0.419. The standard InChI is InChI=1S/C18H31N5O2/c1-18(2,3)25-17(24)21-11-10-20-16(19-4)22-13-14-8-7-9-15(12-14)23(5)6/h7-9,12H,10-11,13H2,1-6H3,(H,21,24)(H2,19,20,22). The van der Waals surface area contributed by atoms with Crippen LogP contribution in [0.1, 0.15) is 26.3 Å². The van der Waals surface area contributed by atoms with E-state index < -0.39 is 11.7 Å². The number of benzene rings is 1. The first-order chi connectivity index (χ1) is 11.7. The number of carbonyl (C=O) groups excluding carboxylic acids is 1. The molecule has 7 nitrogen and oxygen atoms in total. The van der Waals surface area contributed by atoms with Crippen molar-refractivity contribution in [3.8, 4) is 0 Å². The van der Waals surface area contributed by atoms with Gasteiger partial charge in [-0.3, -0.25) is 4.99 Å². The predicted octanol–water partition coefficient (Wildman–Crippen LogP) is 1.94. The summed E-state index contributed by atoms with van der Waals surface area (Å²) < 4.78 is 5.18. The molecule has 0 fully saturated rings. The minimum atomic E-state index is -0.490. The summed E-state index contributed by atoms with van der Waals surface area (Å²) in [6, 6.07) is 8.30. The predicted molar refractivity (Wildman–Crippen MR) is 103 cm³/mol. The average molecular weight is 349 g/mol. The lowest BCUT2D eigenvalue weighted by atomic mass is 10.2. The number of hydrogen-bond donors (Lipinski definition) is 3. The maximum absolute atomic E-state index is 11.6. The maximum Gasteiger partial charge on any atom is 0.407 e. The molecule has 1 aromatic rings. The van der Waals surface area contributed by atoms with Crippen LogP contribution in [0.25, 0.3) is 0 Å². The first-order valence-corrected chi connectivity index (χ1v) is 8.39. The number of guanidine groups is 1. The molecule has 7 heteroatoms. The molecule has 3 N–H and O–H groups in total. The largest absolute Gasteiger partial charge is 0.444 e. The van der Waals surface area contributed by atoms with Gasteiger partial charge in [0, 0.05) is 46.5 Å². The number of amides is 1. The van der Waals surface area contributed by atoms with Crippen LogP contribution < -0.4 is 20.9 Å². The third kappa shape index (κ3) is 8.83. The van der Waals surface area contributed by atoms with Gasteiger partial charge in [0.2, 0.25) is 0 Å². The fourth-order valence-corrected chi connectivity index (χ4v) is 2.01.